The van der Waals surface area contributed by atoms with Crippen LogP contribution < -0.4 is 10.2 Å². The van der Waals surface area contributed by atoms with Gasteiger partial charge in [0, 0.05) is 73.7 Å². The Balaban J connectivity index is 1.89. The molecule has 164 valence electrons. The normalized spacial score (nSPS) is 18.0. The highest BCUT2D eigenvalue weighted by atomic mass is 35.5. The van der Waals surface area contributed by atoms with Gasteiger partial charge in [-0.2, -0.15) is 0 Å². The largest absolute Gasteiger partial charge is 0.385 e. The number of anilines is 1. The smallest absolute Gasteiger partial charge is 0.265 e. The van der Waals surface area contributed by atoms with Gasteiger partial charge in [0.25, 0.3) is 6.43 Å². The highest BCUT2D eigenvalue weighted by Crippen LogP contribution is 2.31. The zero-order valence-corrected chi connectivity index (χ0v) is 17.9. The number of benzene rings is 1. The lowest BCUT2D eigenvalue weighted by atomic mass is 10.0. The maximum atomic E-state index is 13.3. The molecule has 1 amide bonds. The van der Waals surface area contributed by atoms with Crippen LogP contribution in [-0.4, -0.2) is 56.0 Å². The van der Waals surface area contributed by atoms with Crippen LogP contribution in [-0.2, 0) is 9.53 Å². The summed E-state index contributed by atoms with van der Waals surface area (Å²) in [5.41, 5.74) is 1.80. The van der Waals surface area contributed by atoms with Gasteiger partial charge in [-0.15, -0.1) is 0 Å². The van der Waals surface area contributed by atoms with Crippen LogP contribution in [0.5, 0.6) is 0 Å². The molecule has 2 aliphatic rings. The van der Waals surface area contributed by atoms with Crippen LogP contribution in [0.15, 0.2) is 29.5 Å². The summed E-state index contributed by atoms with van der Waals surface area (Å²) in [7, 11) is 1.66. The van der Waals surface area contributed by atoms with Crippen LogP contribution >= 0.6 is 11.6 Å². The average molecular weight is 441 g/mol. The van der Waals surface area contributed by atoms with Gasteiger partial charge in [-0.1, -0.05) is 11.6 Å². The van der Waals surface area contributed by atoms with Crippen LogP contribution in [0.25, 0.3) is 0 Å². The van der Waals surface area contributed by atoms with E-state index in [1.807, 2.05) is 0 Å². The third kappa shape index (κ3) is 5.10. The molecule has 1 aromatic carbocycles. The molecule has 0 saturated carbocycles. The summed E-state index contributed by atoms with van der Waals surface area (Å²) in [4.78, 5) is 15.2. The van der Waals surface area contributed by atoms with Crippen molar-refractivity contribution in [1.82, 2.24) is 10.2 Å². The summed E-state index contributed by atoms with van der Waals surface area (Å²) in [6, 6.07) is 4.59. The third-order valence-corrected chi connectivity index (χ3v) is 5.96. The molecular weight excluding hydrogens is 414 g/mol. The zero-order valence-electron chi connectivity index (χ0n) is 17.2. The maximum absolute atomic E-state index is 13.3. The van der Waals surface area contributed by atoms with E-state index in [1.54, 1.807) is 22.9 Å². The molecule has 0 radical (unpaired) electrons. The van der Waals surface area contributed by atoms with Crippen molar-refractivity contribution in [3.05, 3.63) is 40.1 Å². The molecule has 0 atom stereocenters. The average Bonchev–Trinajstić information content (AvgIpc) is 2.73. The van der Waals surface area contributed by atoms with Crippen molar-refractivity contribution in [2.75, 3.05) is 38.3 Å². The summed E-state index contributed by atoms with van der Waals surface area (Å²) < 4.78 is 31.9. The monoisotopic (exact) mass is 440 g/mol. The predicted octanol–water partition coefficient (Wildman–Crippen LogP) is 3.97. The fourth-order valence-corrected chi connectivity index (χ4v) is 3.94. The summed E-state index contributed by atoms with van der Waals surface area (Å²) in [5, 5.41) is 12.3. The molecule has 2 aliphatic heterocycles. The summed E-state index contributed by atoms with van der Waals surface area (Å²) in [6.45, 7) is 3.78. The quantitative estimate of drug-likeness (QED) is 0.537. The van der Waals surface area contributed by atoms with E-state index in [0.29, 0.717) is 44.0 Å². The predicted molar refractivity (Wildman–Crippen MR) is 113 cm³/mol. The number of ether oxygens (including phenoxy) is 1. The topological polar surface area (TPSA) is 68.7 Å². The van der Waals surface area contributed by atoms with Gasteiger partial charge in [0.2, 0.25) is 5.91 Å². The lowest BCUT2D eigenvalue weighted by Gasteiger charge is -2.35. The number of carbonyl (C=O) groups excluding carboxylic acids is 1. The number of amides is 1. The Kier molecular flexibility index (Phi) is 7.31. The highest BCUT2D eigenvalue weighted by Gasteiger charge is 2.27. The van der Waals surface area contributed by atoms with Crippen molar-refractivity contribution in [3.63, 3.8) is 0 Å². The molecule has 30 heavy (non-hydrogen) atoms. The first-order chi connectivity index (χ1) is 14.3. The Labute approximate surface area is 180 Å². The fraction of sp³-hybridized carbons (Fsp3) is 0.524. The maximum Gasteiger partial charge on any atom is 0.265 e. The molecule has 2 heterocycles. The molecule has 0 bridgehead atoms. The highest BCUT2D eigenvalue weighted by molar-refractivity contribution is 6.31. The van der Waals surface area contributed by atoms with Gasteiger partial charge in [-0.25, -0.2) is 8.78 Å². The van der Waals surface area contributed by atoms with Gasteiger partial charge in [0.15, 0.2) is 0 Å². The Morgan fingerprint density at radius 3 is 2.70 bits per heavy atom. The lowest BCUT2D eigenvalue weighted by molar-refractivity contribution is -0.128. The van der Waals surface area contributed by atoms with Crippen LogP contribution in [0.3, 0.4) is 0 Å². The van der Waals surface area contributed by atoms with Gasteiger partial charge in [-0.05, 0) is 31.0 Å². The SMILES string of the molecule is CC(=O)N1CCC(NC2CCOCC2)=C(C(=N)N(C)c2ccc(Cl)c(C(F)F)c2)C1. The molecule has 3 rings (SSSR count). The molecule has 1 aromatic rings. The number of hydrogen-bond acceptors (Lipinski definition) is 4. The number of likely N-dealkylation sites (N-methyl/N-ethyl adjacent to an activating group) is 1. The Morgan fingerprint density at radius 1 is 1.37 bits per heavy atom. The Bertz CT molecular complexity index is 840. The number of amidine groups is 1. The molecule has 1 fully saturated rings. The zero-order chi connectivity index (χ0) is 21.8. The molecular formula is C21H27ClF2N4O2. The van der Waals surface area contributed by atoms with E-state index in [1.165, 1.54) is 19.1 Å². The number of carbonyl (C=O) groups is 1. The van der Waals surface area contributed by atoms with E-state index in [9.17, 15) is 13.6 Å². The van der Waals surface area contributed by atoms with E-state index in [-0.39, 0.29) is 28.4 Å². The number of rotatable bonds is 5. The number of halogens is 3. The first-order valence-corrected chi connectivity index (χ1v) is 10.4. The van der Waals surface area contributed by atoms with E-state index >= 15 is 0 Å². The van der Waals surface area contributed by atoms with Crippen molar-refractivity contribution >= 4 is 29.0 Å². The van der Waals surface area contributed by atoms with Crippen LogP contribution in [0.1, 0.15) is 38.2 Å². The molecule has 0 aliphatic carbocycles. The van der Waals surface area contributed by atoms with Gasteiger partial charge in [0.1, 0.15) is 5.84 Å². The number of alkyl halides is 2. The number of nitrogens with zero attached hydrogens (tertiary/aromatic N) is 2. The Morgan fingerprint density at radius 2 is 2.07 bits per heavy atom. The molecule has 6 nitrogen and oxygen atoms in total. The lowest BCUT2D eigenvalue weighted by Crippen LogP contribution is -2.45. The number of hydrogen-bond donors (Lipinski definition) is 2. The molecule has 2 N–H and O–H groups in total. The van der Waals surface area contributed by atoms with Crippen molar-refractivity contribution < 1.29 is 18.3 Å². The van der Waals surface area contributed by atoms with Gasteiger partial charge in [0.05, 0.1) is 6.54 Å². The third-order valence-electron chi connectivity index (χ3n) is 5.61. The summed E-state index contributed by atoms with van der Waals surface area (Å²) in [5.74, 6) is 0.109. The minimum Gasteiger partial charge on any atom is -0.385 e. The van der Waals surface area contributed by atoms with E-state index in [4.69, 9.17) is 21.7 Å². The van der Waals surface area contributed by atoms with Gasteiger partial charge in [-0.3, -0.25) is 10.2 Å². The second-order valence-electron chi connectivity index (χ2n) is 7.59. The molecule has 1 saturated heterocycles. The van der Waals surface area contributed by atoms with Crippen LogP contribution in [0.2, 0.25) is 5.02 Å². The molecule has 9 heteroatoms. The minimum absolute atomic E-state index is 0.00445. The van der Waals surface area contributed by atoms with E-state index in [0.717, 1.165) is 18.5 Å². The molecule has 0 spiro atoms. The van der Waals surface area contributed by atoms with Gasteiger partial charge < -0.3 is 19.9 Å². The molecule has 0 aromatic heterocycles. The summed E-state index contributed by atoms with van der Waals surface area (Å²) >= 11 is 5.88. The second-order valence-corrected chi connectivity index (χ2v) is 8.00. The first-order valence-electron chi connectivity index (χ1n) is 10.00. The van der Waals surface area contributed by atoms with Crippen molar-refractivity contribution in [1.29, 1.82) is 5.41 Å². The van der Waals surface area contributed by atoms with Crippen LogP contribution in [0, 0.1) is 5.41 Å². The van der Waals surface area contributed by atoms with Crippen molar-refractivity contribution in [2.45, 2.75) is 38.7 Å². The Hall–Kier alpha value is -2.19. The summed E-state index contributed by atoms with van der Waals surface area (Å²) in [6.07, 6.45) is -0.324. The first kappa shape index (κ1) is 22.5. The van der Waals surface area contributed by atoms with Crippen molar-refractivity contribution in [2.24, 2.45) is 0 Å². The molecule has 0 unspecified atom stereocenters. The van der Waals surface area contributed by atoms with Gasteiger partial charge >= 0.3 is 0 Å². The fourth-order valence-electron chi connectivity index (χ4n) is 3.74. The van der Waals surface area contributed by atoms with E-state index in [2.05, 4.69) is 5.32 Å². The second kappa shape index (κ2) is 9.75. The van der Waals surface area contributed by atoms with Crippen LogP contribution in [0.4, 0.5) is 14.5 Å². The number of nitrogens with one attached hydrogen (secondary N) is 2. The standard InChI is InChI=1S/C21H27ClF2N4O2/c1-13(29)28-8-5-19(26-14-6-9-30-10-7-14)17(12-28)21(25)27(2)15-3-4-18(22)16(11-15)20(23)24/h3-4,11,14,20,25-26H,5-10,12H2,1-2H3. The minimum atomic E-state index is -2.70. The van der Waals surface area contributed by atoms with Crippen molar-refractivity contribution in [3.8, 4) is 0 Å². The van der Waals surface area contributed by atoms with E-state index < -0.39 is 6.43 Å².